The molecule has 1 rings (SSSR count). The molecule has 0 bridgehead atoms. The van der Waals surface area contributed by atoms with Gasteiger partial charge in [-0.2, -0.15) is 18.3 Å². The zero-order valence-electron chi connectivity index (χ0n) is 7.80. The number of hydrogen-bond acceptors (Lipinski definition) is 1. The maximum atomic E-state index is 12.1. The molecule has 0 saturated heterocycles. The molecule has 1 heterocycles. The summed E-state index contributed by atoms with van der Waals surface area (Å²) in [6, 6.07) is 0.971. The van der Waals surface area contributed by atoms with Crippen LogP contribution in [0.4, 0.5) is 13.2 Å². The lowest BCUT2D eigenvalue weighted by Gasteiger charge is -2.02. The van der Waals surface area contributed by atoms with Crippen molar-refractivity contribution in [1.82, 2.24) is 9.78 Å². The second kappa shape index (κ2) is 3.86. The molecule has 0 aliphatic rings. The Labute approximate surface area is 80.0 Å². The topological polar surface area (TPSA) is 17.8 Å². The van der Waals surface area contributed by atoms with Gasteiger partial charge in [-0.05, 0) is 19.4 Å². The van der Waals surface area contributed by atoms with E-state index < -0.39 is 11.9 Å². The van der Waals surface area contributed by atoms with Crippen molar-refractivity contribution in [2.24, 2.45) is 0 Å². The first-order chi connectivity index (χ1) is 6.39. The Morgan fingerprint density at radius 3 is 2.64 bits per heavy atom. The molecule has 0 N–H and O–H groups in total. The van der Waals surface area contributed by atoms with Crippen molar-refractivity contribution in [3.05, 3.63) is 30.1 Å². The highest BCUT2D eigenvalue weighted by atomic mass is 19.4. The van der Waals surface area contributed by atoms with Crippen molar-refractivity contribution in [2.45, 2.75) is 26.1 Å². The van der Waals surface area contributed by atoms with Gasteiger partial charge in [0, 0.05) is 12.7 Å². The molecule has 5 heteroatoms. The van der Waals surface area contributed by atoms with Gasteiger partial charge in [0.25, 0.3) is 0 Å². The molecule has 0 aromatic carbocycles. The van der Waals surface area contributed by atoms with Crippen LogP contribution in [0.25, 0.3) is 0 Å². The predicted octanol–water partition coefficient (Wildman–Crippen LogP) is 2.87. The number of allylic oxidation sites excluding steroid dienone is 1. The van der Waals surface area contributed by atoms with E-state index in [1.807, 2.05) is 6.92 Å². The molecule has 0 atom stereocenters. The molecule has 1 aromatic heterocycles. The van der Waals surface area contributed by atoms with E-state index in [1.165, 1.54) is 10.9 Å². The zero-order chi connectivity index (χ0) is 10.8. The van der Waals surface area contributed by atoms with Crippen molar-refractivity contribution < 1.29 is 13.2 Å². The van der Waals surface area contributed by atoms with Crippen molar-refractivity contribution >= 4 is 0 Å². The van der Waals surface area contributed by atoms with Gasteiger partial charge in [0.15, 0.2) is 5.69 Å². The third kappa shape index (κ3) is 2.90. The van der Waals surface area contributed by atoms with Crippen LogP contribution >= 0.6 is 0 Å². The molecule has 0 unspecified atom stereocenters. The number of rotatable bonds is 3. The van der Waals surface area contributed by atoms with Crippen LogP contribution in [-0.2, 0) is 12.7 Å². The van der Waals surface area contributed by atoms with Crippen LogP contribution in [0.15, 0.2) is 24.4 Å². The standard InChI is InChI=1S/C9H11F3N2/c1-7(2)3-5-14-6-4-8(13-14)9(10,11)12/h4,6H,1,3,5H2,2H3. The van der Waals surface area contributed by atoms with Crippen LogP contribution in [0.5, 0.6) is 0 Å². The van der Waals surface area contributed by atoms with Gasteiger partial charge in [0.05, 0.1) is 0 Å². The molecule has 0 aliphatic carbocycles. The van der Waals surface area contributed by atoms with Crippen LogP contribution in [-0.4, -0.2) is 9.78 Å². The summed E-state index contributed by atoms with van der Waals surface area (Å²) in [5.41, 5.74) is 0.0771. The highest BCUT2D eigenvalue weighted by molar-refractivity contribution is 5.03. The van der Waals surface area contributed by atoms with E-state index in [4.69, 9.17) is 0 Å². The number of hydrogen-bond donors (Lipinski definition) is 0. The molecule has 0 saturated carbocycles. The van der Waals surface area contributed by atoms with E-state index in [1.54, 1.807) is 0 Å². The van der Waals surface area contributed by atoms with E-state index in [-0.39, 0.29) is 0 Å². The van der Waals surface area contributed by atoms with Crippen LogP contribution in [0.2, 0.25) is 0 Å². The van der Waals surface area contributed by atoms with Gasteiger partial charge in [-0.3, -0.25) is 4.68 Å². The van der Waals surface area contributed by atoms with Crippen molar-refractivity contribution in [3.8, 4) is 0 Å². The molecule has 78 valence electrons. The largest absolute Gasteiger partial charge is 0.435 e. The van der Waals surface area contributed by atoms with E-state index >= 15 is 0 Å². The van der Waals surface area contributed by atoms with Crippen LogP contribution < -0.4 is 0 Å². The Bertz CT molecular complexity index is 325. The first-order valence-electron chi connectivity index (χ1n) is 4.14. The van der Waals surface area contributed by atoms with Gasteiger partial charge in [-0.15, -0.1) is 6.58 Å². The fraction of sp³-hybridized carbons (Fsp3) is 0.444. The van der Waals surface area contributed by atoms with Gasteiger partial charge < -0.3 is 0 Å². The van der Waals surface area contributed by atoms with Crippen LogP contribution in [0.1, 0.15) is 19.0 Å². The van der Waals surface area contributed by atoms with Gasteiger partial charge in [0.1, 0.15) is 0 Å². The number of nitrogens with zero attached hydrogens (tertiary/aromatic N) is 2. The summed E-state index contributed by atoms with van der Waals surface area (Å²) in [6.45, 7) is 5.93. The number of halogens is 3. The quantitative estimate of drug-likeness (QED) is 0.692. The van der Waals surface area contributed by atoms with Gasteiger partial charge in [-0.25, -0.2) is 0 Å². The van der Waals surface area contributed by atoms with E-state index in [9.17, 15) is 13.2 Å². The fourth-order valence-corrected chi connectivity index (χ4v) is 0.943. The first kappa shape index (κ1) is 10.8. The Balaban J connectivity index is 2.64. The fourth-order valence-electron chi connectivity index (χ4n) is 0.943. The Kier molecular flexibility index (Phi) is 2.98. The second-order valence-electron chi connectivity index (χ2n) is 3.17. The molecule has 0 radical (unpaired) electrons. The van der Waals surface area contributed by atoms with Gasteiger partial charge >= 0.3 is 6.18 Å². The minimum Gasteiger partial charge on any atom is -0.272 e. The normalized spacial score (nSPS) is 11.7. The second-order valence-corrected chi connectivity index (χ2v) is 3.17. The maximum absolute atomic E-state index is 12.1. The van der Waals surface area contributed by atoms with Crippen molar-refractivity contribution in [3.63, 3.8) is 0 Å². The third-order valence-electron chi connectivity index (χ3n) is 1.70. The van der Waals surface area contributed by atoms with Crippen LogP contribution in [0, 0.1) is 0 Å². The third-order valence-corrected chi connectivity index (χ3v) is 1.70. The lowest BCUT2D eigenvalue weighted by atomic mass is 10.2. The van der Waals surface area contributed by atoms with E-state index in [0.29, 0.717) is 13.0 Å². The summed E-state index contributed by atoms with van der Waals surface area (Å²) in [5, 5.41) is 3.40. The predicted molar refractivity (Wildman–Crippen MR) is 46.7 cm³/mol. The van der Waals surface area contributed by atoms with Gasteiger partial charge in [-0.1, -0.05) is 5.57 Å². The smallest absolute Gasteiger partial charge is 0.272 e. The average Bonchev–Trinajstić information content (AvgIpc) is 2.47. The summed E-state index contributed by atoms with van der Waals surface area (Å²) < 4.78 is 37.6. The summed E-state index contributed by atoms with van der Waals surface area (Å²) in [7, 11) is 0. The van der Waals surface area contributed by atoms with Gasteiger partial charge in [0.2, 0.25) is 0 Å². The molecular formula is C9H11F3N2. The number of aromatic nitrogens is 2. The summed E-state index contributed by atoms with van der Waals surface area (Å²) in [5.74, 6) is 0. The monoisotopic (exact) mass is 204 g/mol. The summed E-state index contributed by atoms with van der Waals surface area (Å²) >= 11 is 0. The SMILES string of the molecule is C=C(C)CCn1ccc(C(F)(F)F)n1. The maximum Gasteiger partial charge on any atom is 0.435 e. The van der Waals surface area contributed by atoms with Crippen molar-refractivity contribution in [1.29, 1.82) is 0 Å². The van der Waals surface area contributed by atoms with E-state index in [0.717, 1.165) is 11.6 Å². The summed E-state index contributed by atoms with van der Waals surface area (Å²) in [4.78, 5) is 0. The minimum absolute atomic E-state index is 0.436. The average molecular weight is 204 g/mol. The Morgan fingerprint density at radius 2 is 2.21 bits per heavy atom. The minimum atomic E-state index is -4.35. The highest BCUT2D eigenvalue weighted by Crippen LogP contribution is 2.27. The number of alkyl halides is 3. The molecule has 2 nitrogen and oxygen atoms in total. The molecule has 0 fully saturated rings. The van der Waals surface area contributed by atoms with Crippen LogP contribution in [0.3, 0.4) is 0 Å². The Hall–Kier alpha value is -1.26. The summed E-state index contributed by atoms with van der Waals surface area (Å²) in [6.07, 6.45) is -2.39. The Morgan fingerprint density at radius 1 is 1.57 bits per heavy atom. The first-order valence-corrected chi connectivity index (χ1v) is 4.14. The molecular weight excluding hydrogens is 193 g/mol. The molecule has 0 aliphatic heterocycles. The zero-order valence-corrected chi connectivity index (χ0v) is 7.80. The van der Waals surface area contributed by atoms with E-state index in [2.05, 4.69) is 11.7 Å². The molecule has 1 aromatic rings. The highest BCUT2D eigenvalue weighted by Gasteiger charge is 2.33. The lowest BCUT2D eigenvalue weighted by Crippen LogP contribution is -2.08. The molecule has 0 spiro atoms. The van der Waals surface area contributed by atoms with Crippen molar-refractivity contribution in [2.75, 3.05) is 0 Å². The number of aryl methyl sites for hydroxylation is 1. The molecule has 14 heavy (non-hydrogen) atoms. The lowest BCUT2D eigenvalue weighted by molar-refractivity contribution is -0.141. The molecule has 0 amide bonds.